The van der Waals surface area contributed by atoms with E-state index in [9.17, 15) is 4.79 Å². The Kier molecular flexibility index (Phi) is 5.76. The van der Waals surface area contributed by atoms with Crippen molar-refractivity contribution in [3.63, 3.8) is 0 Å². The highest BCUT2D eigenvalue weighted by Gasteiger charge is 2.17. The Hall–Kier alpha value is -2.80. The van der Waals surface area contributed by atoms with E-state index in [1.807, 2.05) is 36.4 Å². The van der Waals surface area contributed by atoms with Gasteiger partial charge in [0.25, 0.3) is 0 Å². The van der Waals surface area contributed by atoms with Gasteiger partial charge in [0.05, 0.1) is 24.2 Å². The summed E-state index contributed by atoms with van der Waals surface area (Å²) in [5.41, 5.74) is 2.43. The molecule has 0 saturated heterocycles. The number of nitriles is 1. The van der Waals surface area contributed by atoms with E-state index in [0.29, 0.717) is 11.5 Å². The van der Waals surface area contributed by atoms with Gasteiger partial charge in [0.2, 0.25) is 5.91 Å². The van der Waals surface area contributed by atoms with Crippen LogP contribution in [0.3, 0.4) is 0 Å². The van der Waals surface area contributed by atoms with Gasteiger partial charge in [0, 0.05) is 5.69 Å². The van der Waals surface area contributed by atoms with Crippen molar-refractivity contribution in [1.29, 1.82) is 5.26 Å². The topological polar surface area (TPSA) is 64.9 Å². The number of benzene rings is 2. The molecular weight excluding hydrogens is 286 g/mol. The second-order valence-electron chi connectivity index (χ2n) is 5.75. The van der Waals surface area contributed by atoms with Crippen molar-refractivity contribution in [2.24, 2.45) is 5.92 Å². The summed E-state index contributed by atoms with van der Waals surface area (Å²) in [6.45, 7) is 4.34. The lowest BCUT2D eigenvalue weighted by atomic mass is 9.96. The number of carbonyl (C=O) groups is 1. The molecule has 23 heavy (non-hydrogen) atoms. The van der Waals surface area contributed by atoms with Gasteiger partial charge in [-0.2, -0.15) is 5.26 Å². The van der Waals surface area contributed by atoms with Crippen LogP contribution in [0.2, 0.25) is 0 Å². The molecule has 1 atom stereocenters. The highest BCUT2D eigenvalue weighted by molar-refractivity contribution is 5.81. The standard InChI is InChI=1S/C19H21N3O/c1-14(2)19(16-8-4-3-5-9-16)22-18(23)13-21-17-10-6-7-15(11-17)12-20/h3-11,14,19,21H,13H2,1-2H3,(H,22,23). The summed E-state index contributed by atoms with van der Waals surface area (Å²) in [5, 5.41) is 15.0. The molecule has 0 bridgehead atoms. The van der Waals surface area contributed by atoms with E-state index >= 15 is 0 Å². The first-order valence-electron chi connectivity index (χ1n) is 7.68. The smallest absolute Gasteiger partial charge is 0.239 e. The van der Waals surface area contributed by atoms with Crippen molar-refractivity contribution in [2.45, 2.75) is 19.9 Å². The second-order valence-corrected chi connectivity index (χ2v) is 5.75. The molecule has 118 valence electrons. The van der Waals surface area contributed by atoms with Crippen molar-refractivity contribution in [1.82, 2.24) is 5.32 Å². The first-order valence-corrected chi connectivity index (χ1v) is 7.68. The van der Waals surface area contributed by atoms with Crippen LogP contribution in [0.5, 0.6) is 0 Å². The molecule has 0 radical (unpaired) electrons. The molecule has 2 N–H and O–H groups in total. The number of hydrogen-bond donors (Lipinski definition) is 2. The predicted octanol–water partition coefficient (Wildman–Crippen LogP) is 3.48. The largest absolute Gasteiger partial charge is 0.376 e. The first-order chi connectivity index (χ1) is 11.1. The Balaban J connectivity index is 1.96. The summed E-state index contributed by atoms with van der Waals surface area (Å²) in [7, 11) is 0. The number of amides is 1. The van der Waals surface area contributed by atoms with Crippen LogP contribution in [0.25, 0.3) is 0 Å². The molecule has 2 aromatic carbocycles. The fraction of sp³-hybridized carbons (Fsp3) is 0.263. The third-order valence-corrected chi connectivity index (χ3v) is 3.59. The van der Waals surface area contributed by atoms with Crippen LogP contribution in [0.15, 0.2) is 54.6 Å². The maximum atomic E-state index is 12.2. The zero-order chi connectivity index (χ0) is 16.7. The van der Waals surface area contributed by atoms with Crippen LogP contribution in [0.1, 0.15) is 31.0 Å². The lowest BCUT2D eigenvalue weighted by Gasteiger charge is -2.23. The van der Waals surface area contributed by atoms with Crippen LogP contribution < -0.4 is 10.6 Å². The van der Waals surface area contributed by atoms with Gasteiger partial charge in [-0.05, 0) is 29.7 Å². The molecule has 2 rings (SSSR count). The third-order valence-electron chi connectivity index (χ3n) is 3.59. The molecule has 1 unspecified atom stereocenters. The van der Waals surface area contributed by atoms with Gasteiger partial charge in [-0.1, -0.05) is 50.2 Å². The van der Waals surface area contributed by atoms with Crippen molar-refractivity contribution >= 4 is 11.6 Å². The number of anilines is 1. The summed E-state index contributed by atoms with van der Waals surface area (Å²) in [6.07, 6.45) is 0. The van der Waals surface area contributed by atoms with Gasteiger partial charge in [-0.3, -0.25) is 4.79 Å². The van der Waals surface area contributed by atoms with Gasteiger partial charge >= 0.3 is 0 Å². The van der Waals surface area contributed by atoms with Crippen LogP contribution >= 0.6 is 0 Å². The SMILES string of the molecule is CC(C)C(NC(=O)CNc1cccc(C#N)c1)c1ccccc1. The van der Waals surface area contributed by atoms with E-state index in [-0.39, 0.29) is 18.5 Å². The van der Waals surface area contributed by atoms with E-state index in [4.69, 9.17) is 5.26 Å². The third kappa shape index (κ3) is 4.86. The Morgan fingerprint density at radius 2 is 1.87 bits per heavy atom. The van der Waals surface area contributed by atoms with Crippen molar-refractivity contribution in [2.75, 3.05) is 11.9 Å². The van der Waals surface area contributed by atoms with Crippen molar-refractivity contribution < 1.29 is 4.79 Å². The summed E-state index contributed by atoms with van der Waals surface area (Å²) >= 11 is 0. The monoisotopic (exact) mass is 307 g/mol. The minimum absolute atomic E-state index is 0.0176. The van der Waals surface area contributed by atoms with E-state index in [2.05, 4.69) is 30.6 Å². The quantitative estimate of drug-likeness (QED) is 0.858. The molecule has 2 aromatic rings. The minimum Gasteiger partial charge on any atom is -0.376 e. The second kappa shape index (κ2) is 8.00. The molecule has 0 spiro atoms. The first kappa shape index (κ1) is 16.6. The predicted molar refractivity (Wildman–Crippen MR) is 91.8 cm³/mol. The van der Waals surface area contributed by atoms with E-state index in [0.717, 1.165) is 11.3 Å². The molecule has 0 fully saturated rings. The molecular formula is C19H21N3O. The number of nitrogens with one attached hydrogen (secondary N) is 2. The maximum Gasteiger partial charge on any atom is 0.239 e. The highest BCUT2D eigenvalue weighted by Crippen LogP contribution is 2.21. The summed E-state index contributed by atoms with van der Waals surface area (Å²) < 4.78 is 0. The summed E-state index contributed by atoms with van der Waals surface area (Å²) in [4.78, 5) is 12.2. The lowest BCUT2D eigenvalue weighted by Crippen LogP contribution is -2.35. The normalized spacial score (nSPS) is 11.6. The van der Waals surface area contributed by atoms with Crippen LogP contribution in [0.4, 0.5) is 5.69 Å². The minimum atomic E-state index is -0.0742. The highest BCUT2D eigenvalue weighted by atomic mass is 16.2. The molecule has 0 heterocycles. The van der Waals surface area contributed by atoms with Crippen molar-refractivity contribution in [3.8, 4) is 6.07 Å². The number of rotatable bonds is 6. The summed E-state index contributed by atoms with van der Waals surface area (Å²) in [6, 6.07) is 19.1. The molecule has 0 aliphatic rings. The average molecular weight is 307 g/mol. The van der Waals surface area contributed by atoms with E-state index < -0.39 is 0 Å². The molecule has 0 saturated carbocycles. The number of hydrogen-bond acceptors (Lipinski definition) is 3. The molecule has 0 aliphatic heterocycles. The Bertz CT molecular complexity index is 689. The van der Waals surface area contributed by atoms with Gasteiger partial charge in [0.15, 0.2) is 0 Å². The number of nitrogens with zero attached hydrogens (tertiary/aromatic N) is 1. The summed E-state index contributed by atoms with van der Waals surface area (Å²) in [5.74, 6) is 0.221. The molecule has 0 aliphatic carbocycles. The van der Waals surface area contributed by atoms with Gasteiger partial charge in [0.1, 0.15) is 0 Å². The fourth-order valence-corrected chi connectivity index (χ4v) is 2.40. The Morgan fingerprint density at radius 3 is 2.52 bits per heavy atom. The zero-order valence-electron chi connectivity index (χ0n) is 13.4. The van der Waals surface area contributed by atoms with E-state index in [1.54, 1.807) is 18.2 Å². The molecule has 1 amide bonds. The Morgan fingerprint density at radius 1 is 1.13 bits per heavy atom. The van der Waals surface area contributed by atoms with Gasteiger partial charge in [-0.15, -0.1) is 0 Å². The Labute approximate surface area is 137 Å². The molecule has 0 aromatic heterocycles. The molecule has 4 heteroatoms. The van der Waals surface area contributed by atoms with E-state index in [1.165, 1.54) is 0 Å². The van der Waals surface area contributed by atoms with Crippen LogP contribution in [-0.4, -0.2) is 12.5 Å². The van der Waals surface area contributed by atoms with Gasteiger partial charge < -0.3 is 10.6 Å². The average Bonchev–Trinajstić information content (AvgIpc) is 2.58. The van der Waals surface area contributed by atoms with Crippen LogP contribution in [-0.2, 0) is 4.79 Å². The maximum absolute atomic E-state index is 12.2. The van der Waals surface area contributed by atoms with Crippen molar-refractivity contribution in [3.05, 3.63) is 65.7 Å². The fourth-order valence-electron chi connectivity index (χ4n) is 2.40. The molecule has 4 nitrogen and oxygen atoms in total. The van der Waals surface area contributed by atoms with Gasteiger partial charge in [-0.25, -0.2) is 0 Å². The number of carbonyl (C=O) groups excluding carboxylic acids is 1. The zero-order valence-corrected chi connectivity index (χ0v) is 13.4. The lowest BCUT2D eigenvalue weighted by molar-refractivity contribution is -0.120. The van der Waals surface area contributed by atoms with Crippen LogP contribution in [0, 0.1) is 17.2 Å².